The smallest absolute Gasteiger partial charge is 0.0613 e. The first kappa shape index (κ1) is 13.0. The second kappa shape index (κ2) is 5.86. The Morgan fingerprint density at radius 1 is 1.27 bits per heavy atom. The third-order valence-corrected chi connectivity index (χ3v) is 3.61. The van der Waals surface area contributed by atoms with Gasteiger partial charge in [-0.05, 0) is 38.5 Å². The summed E-state index contributed by atoms with van der Waals surface area (Å²) in [6.45, 7) is 6.93. The van der Waals surface area contributed by atoms with Crippen LogP contribution in [0, 0.1) is 5.92 Å². The Labute approximate surface area is 94.5 Å². The van der Waals surface area contributed by atoms with Crippen molar-refractivity contribution in [3.63, 3.8) is 0 Å². The van der Waals surface area contributed by atoms with Gasteiger partial charge < -0.3 is 10.4 Å². The molecule has 1 rings (SSSR count). The lowest BCUT2D eigenvalue weighted by Gasteiger charge is -2.34. The summed E-state index contributed by atoms with van der Waals surface area (Å²) in [5.74, 6) is 0.707. The van der Waals surface area contributed by atoms with E-state index in [4.69, 9.17) is 0 Å². The molecule has 2 heteroatoms. The molecule has 15 heavy (non-hydrogen) atoms. The van der Waals surface area contributed by atoms with Crippen molar-refractivity contribution in [2.45, 2.75) is 70.9 Å². The van der Waals surface area contributed by atoms with Gasteiger partial charge in [0.25, 0.3) is 0 Å². The molecule has 2 N–H and O–H groups in total. The molecule has 1 aliphatic carbocycles. The summed E-state index contributed by atoms with van der Waals surface area (Å²) >= 11 is 0. The number of hydrogen-bond donors (Lipinski definition) is 2. The minimum atomic E-state index is -0.0188. The summed E-state index contributed by atoms with van der Waals surface area (Å²) in [6, 6.07) is 0.595. The maximum atomic E-state index is 9.52. The van der Waals surface area contributed by atoms with Crippen LogP contribution in [0.4, 0.5) is 0 Å². The molecule has 0 spiro atoms. The molecular weight excluding hydrogens is 186 g/mol. The molecule has 1 unspecified atom stereocenters. The van der Waals surface area contributed by atoms with E-state index in [1.165, 1.54) is 38.5 Å². The minimum Gasteiger partial charge on any atom is -0.394 e. The molecule has 0 amide bonds. The van der Waals surface area contributed by atoms with E-state index >= 15 is 0 Å². The Kier molecular flexibility index (Phi) is 5.07. The number of aliphatic hydroxyl groups is 1. The van der Waals surface area contributed by atoms with Crippen LogP contribution in [0.25, 0.3) is 0 Å². The number of hydrogen-bond acceptors (Lipinski definition) is 2. The first-order valence-corrected chi connectivity index (χ1v) is 6.54. The van der Waals surface area contributed by atoms with Crippen LogP contribution >= 0.6 is 0 Å². The lowest BCUT2D eigenvalue weighted by molar-refractivity contribution is 0.137. The molecule has 90 valence electrons. The van der Waals surface area contributed by atoms with Gasteiger partial charge in [0, 0.05) is 11.6 Å². The Balaban J connectivity index is 2.45. The average molecular weight is 213 g/mol. The molecule has 0 saturated heterocycles. The normalized spacial score (nSPS) is 20.6. The zero-order chi connectivity index (χ0) is 11.3. The molecular formula is C13H27NO. The van der Waals surface area contributed by atoms with Crippen LogP contribution in [0.2, 0.25) is 0 Å². The minimum absolute atomic E-state index is 0.0188. The van der Waals surface area contributed by atoms with Gasteiger partial charge in [-0.15, -0.1) is 0 Å². The summed E-state index contributed by atoms with van der Waals surface area (Å²) < 4.78 is 0. The van der Waals surface area contributed by atoms with Crippen molar-refractivity contribution >= 4 is 0 Å². The summed E-state index contributed by atoms with van der Waals surface area (Å²) in [4.78, 5) is 0. The molecule has 0 bridgehead atoms. The van der Waals surface area contributed by atoms with Gasteiger partial charge in [-0.2, -0.15) is 0 Å². The van der Waals surface area contributed by atoms with Crippen LogP contribution in [-0.2, 0) is 0 Å². The van der Waals surface area contributed by atoms with Crippen molar-refractivity contribution in [2.24, 2.45) is 5.92 Å². The van der Waals surface area contributed by atoms with Crippen molar-refractivity contribution in [3.05, 3.63) is 0 Å². The maximum Gasteiger partial charge on any atom is 0.0613 e. The SMILES string of the molecule is CCCC(CCC)NC(C)(CO)C1CC1. The fourth-order valence-corrected chi connectivity index (χ4v) is 2.46. The topological polar surface area (TPSA) is 32.3 Å². The summed E-state index contributed by atoms with van der Waals surface area (Å²) in [6.07, 6.45) is 7.49. The van der Waals surface area contributed by atoms with Gasteiger partial charge in [0.1, 0.15) is 0 Å². The summed E-state index contributed by atoms with van der Waals surface area (Å²) in [7, 11) is 0. The third kappa shape index (κ3) is 3.76. The average Bonchev–Trinajstić information content (AvgIpc) is 3.02. The van der Waals surface area contributed by atoms with Crippen LogP contribution in [0.15, 0.2) is 0 Å². The lowest BCUT2D eigenvalue weighted by Crippen LogP contribution is -2.52. The van der Waals surface area contributed by atoms with Gasteiger partial charge in [0.2, 0.25) is 0 Å². The summed E-state index contributed by atoms with van der Waals surface area (Å²) in [5, 5.41) is 13.2. The predicted molar refractivity (Wildman–Crippen MR) is 65.0 cm³/mol. The fourth-order valence-electron chi connectivity index (χ4n) is 2.46. The second-order valence-corrected chi connectivity index (χ2v) is 5.27. The van der Waals surface area contributed by atoms with Crippen LogP contribution in [0.3, 0.4) is 0 Å². The van der Waals surface area contributed by atoms with E-state index in [0.717, 1.165) is 0 Å². The van der Waals surface area contributed by atoms with Gasteiger partial charge >= 0.3 is 0 Å². The molecule has 1 saturated carbocycles. The van der Waals surface area contributed by atoms with Gasteiger partial charge in [0.15, 0.2) is 0 Å². The molecule has 0 aromatic carbocycles. The van der Waals surface area contributed by atoms with Gasteiger partial charge in [-0.1, -0.05) is 26.7 Å². The predicted octanol–water partition coefficient (Wildman–Crippen LogP) is 2.71. The largest absolute Gasteiger partial charge is 0.394 e. The van der Waals surface area contributed by atoms with E-state index < -0.39 is 0 Å². The van der Waals surface area contributed by atoms with Crippen molar-refractivity contribution < 1.29 is 5.11 Å². The highest BCUT2D eigenvalue weighted by Gasteiger charge is 2.41. The van der Waals surface area contributed by atoms with E-state index in [1.807, 2.05) is 0 Å². The fraction of sp³-hybridized carbons (Fsp3) is 1.00. The van der Waals surface area contributed by atoms with E-state index in [-0.39, 0.29) is 12.1 Å². The van der Waals surface area contributed by atoms with Crippen molar-refractivity contribution in [1.82, 2.24) is 5.32 Å². The maximum absolute atomic E-state index is 9.52. The highest BCUT2D eigenvalue weighted by molar-refractivity contribution is 4.98. The summed E-state index contributed by atoms with van der Waals surface area (Å²) in [5.41, 5.74) is -0.0188. The number of aliphatic hydroxyl groups excluding tert-OH is 1. The van der Waals surface area contributed by atoms with E-state index in [2.05, 4.69) is 26.1 Å². The van der Waals surface area contributed by atoms with Gasteiger partial charge in [0.05, 0.1) is 6.61 Å². The zero-order valence-electron chi connectivity index (χ0n) is 10.6. The Bertz CT molecular complexity index is 173. The van der Waals surface area contributed by atoms with Gasteiger partial charge in [-0.3, -0.25) is 0 Å². The standard InChI is InChI=1S/C13H27NO/c1-4-6-12(7-5-2)14-13(3,10-15)11-8-9-11/h11-12,14-15H,4-10H2,1-3H3. The highest BCUT2D eigenvalue weighted by Crippen LogP contribution is 2.39. The zero-order valence-corrected chi connectivity index (χ0v) is 10.6. The molecule has 0 radical (unpaired) electrons. The van der Waals surface area contributed by atoms with Crippen molar-refractivity contribution in [2.75, 3.05) is 6.61 Å². The highest BCUT2D eigenvalue weighted by atomic mass is 16.3. The molecule has 1 fully saturated rings. The Hall–Kier alpha value is -0.0800. The van der Waals surface area contributed by atoms with E-state index in [9.17, 15) is 5.11 Å². The molecule has 0 aromatic heterocycles. The van der Waals surface area contributed by atoms with Crippen molar-refractivity contribution in [1.29, 1.82) is 0 Å². The Morgan fingerprint density at radius 2 is 1.80 bits per heavy atom. The van der Waals surface area contributed by atoms with Crippen LogP contribution in [0.5, 0.6) is 0 Å². The number of nitrogens with one attached hydrogen (secondary N) is 1. The lowest BCUT2D eigenvalue weighted by atomic mass is 9.93. The quantitative estimate of drug-likeness (QED) is 0.650. The molecule has 0 aliphatic heterocycles. The molecule has 1 aliphatic rings. The van der Waals surface area contributed by atoms with Crippen LogP contribution in [-0.4, -0.2) is 23.3 Å². The van der Waals surface area contributed by atoms with Crippen LogP contribution in [0.1, 0.15) is 59.3 Å². The van der Waals surface area contributed by atoms with Crippen LogP contribution < -0.4 is 5.32 Å². The third-order valence-electron chi connectivity index (χ3n) is 3.61. The van der Waals surface area contributed by atoms with Gasteiger partial charge in [-0.25, -0.2) is 0 Å². The van der Waals surface area contributed by atoms with Crippen molar-refractivity contribution in [3.8, 4) is 0 Å². The number of rotatable bonds is 8. The molecule has 1 atom stereocenters. The molecule has 0 aromatic rings. The van der Waals surface area contributed by atoms with E-state index in [1.54, 1.807) is 0 Å². The van der Waals surface area contributed by atoms with E-state index in [0.29, 0.717) is 12.0 Å². The first-order valence-electron chi connectivity index (χ1n) is 6.54. The Morgan fingerprint density at radius 3 is 2.13 bits per heavy atom. The first-order chi connectivity index (χ1) is 7.16. The molecule has 2 nitrogen and oxygen atoms in total. The molecule has 0 heterocycles. The second-order valence-electron chi connectivity index (χ2n) is 5.27. The monoisotopic (exact) mass is 213 g/mol.